The molecule has 1 amide bonds. The molecule has 1 fully saturated rings. The third-order valence-electron chi connectivity index (χ3n) is 4.39. The summed E-state index contributed by atoms with van der Waals surface area (Å²) in [6.07, 6.45) is 2.26. The van der Waals surface area contributed by atoms with E-state index in [1.54, 1.807) is 12.1 Å². The van der Waals surface area contributed by atoms with Crippen LogP contribution in [0.25, 0.3) is 0 Å². The molecule has 1 atom stereocenters. The van der Waals surface area contributed by atoms with E-state index in [-0.39, 0.29) is 17.8 Å². The summed E-state index contributed by atoms with van der Waals surface area (Å²) in [4.78, 5) is 14.6. The second-order valence-corrected chi connectivity index (χ2v) is 6.46. The maximum absolute atomic E-state index is 13.0. The maximum Gasteiger partial charge on any atom is 0.234 e. The minimum absolute atomic E-state index is 0.00873. The highest BCUT2D eigenvalue weighted by molar-refractivity contribution is 5.78. The van der Waals surface area contributed by atoms with E-state index >= 15 is 0 Å². The lowest BCUT2D eigenvalue weighted by Gasteiger charge is -2.23. The average Bonchev–Trinajstić information content (AvgIpc) is 3.42. The largest absolute Gasteiger partial charge is 0.348 e. The molecule has 0 spiro atoms. The molecular formula is C20H23FN2O. The summed E-state index contributed by atoms with van der Waals surface area (Å²) < 4.78 is 13.0. The highest BCUT2D eigenvalue weighted by Crippen LogP contribution is 2.28. The molecule has 126 valence electrons. The molecule has 1 aliphatic carbocycles. The van der Waals surface area contributed by atoms with Crippen molar-refractivity contribution in [2.75, 3.05) is 6.54 Å². The Hall–Kier alpha value is -2.20. The summed E-state index contributed by atoms with van der Waals surface area (Å²) in [5.74, 6) is -0.202. The summed E-state index contributed by atoms with van der Waals surface area (Å²) in [5, 5.41) is 3.06. The van der Waals surface area contributed by atoms with Gasteiger partial charge in [0, 0.05) is 12.6 Å². The first-order valence-electron chi connectivity index (χ1n) is 8.44. The van der Waals surface area contributed by atoms with Gasteiger partial charge in [-0.15, -0.1) is 0 Å². The van der Waals surface area contributed by atoms with Gasteiger partial charge in [0.05, 0.1) is 12.6 Å². The average molecular weight is 326 g/mol. The molecule has 4 heteroatoms. The van der Waals surface area contributed by atoms with Crippen LogP contribution < -0.4 is 5.32 Å². The van der Waals surface area contributed by atoms with Gasteiger partial charge >= 0.3 is 0 Å². The van der Waals surface area contributed by atoms with Crippen molar-refractivity contribution in [2.24, 2.45) is 0 Å². The van der Waals surface area contributed by atoms with Crippen molar-refractivity contribution < 1.29 is 9.18 Å². The molecule has 1 N–H and O–H groups in total. The van der Waals surface area contributed by atoms with Crippen molar-refractivity contribution >= 4 is 5.91 Å². The van der Waals surface area contributed by atoms with Crippen molar-refractivity contribution in [2.45, 2.75) is 38.4 Å². The lowest BCUT2D eigenvalue weighted by Crippen LogP contribution is -2.39. The molecule has 1 aliphatic rings. The van der Waals surface area contributed by atoms with Crippen molar-refractivity contribution in [3.63, 3.8) is 0 Å². The van der Waals surface area contributed by atoms with Gasteiger partial charge in [-0.2, -0.15) is 0 Å². The SMILES string of the molecule is C[C@@H](NC(=O)CN(Cc1ccc(F)cc1)C1CC1)c1ccccc1. The standard InChI is InChI=1S/C20H23FN2O/c1-15(17-5-3-2-4-6-17)22-20(24)14-23(19-11-12-19)13-16-7-9-18(21)10-8-16/h2-10,15,19H,11-14H2,1H3,(H,22,24)/t15-/m1/s1. The van der Waals surface area contributed by atoms with E-state index in [2.05, 4.69) is 10.2 Å². The molecule has 0 radical (unpaired) electrons. The third kappa shape index (κ3) is 4.65. The molecule has 0 unspecified atom stereocenters. The quantitative estimate of drug-likeness (QED) is 0.842. The Morgan fingerprint density at radius 3 is 2.46 bits per heavy atom. The van der Waals surface area contributed by atoms with Crippen LogP contribution in [0.15, 0.2) is 54.6 Å². The van der Waals surface area contributed by atoms with E-state index in [0.717, 1.165) is 24.0 Å². The predicted molar refractivity (Wildman–Crippen MR) is 92.8 cm³/mol. The summed E-state index contributed by atoms with van der Waals surface area (Å²) in [7, 11) is 0. The number of halogens is 1. The molecule has 1 saturated carbocycles. The molecule has 0 bridgehead atoms. The Bertz CT molecular complexity index is 668. The van der Waals surface area contributed by atoms with Crippen molar-refractivity contribution in [3.8, 4) is 0 Å². The number of nitrogens with zero attached hydrogens (tertiary/aromatic N) is 1. The molecule has 0 heterocycles. The zero-order valence-electron chi connectivity index (χ0n) is 13.9. The van der Waals surface area contributed by atoms with Crippen LogP contribution in [0.3, 0.4) is 0 Å². The minimum atomic E-state index is -0.230. The molecule has 0 saturated heterocycles. The Morgan fingerprint density at radius 1 is 1.17 bits per heavy atom. The van der Waals surface area contributed by atoms with Crippen LogP contribution in [0.5, 0.6) is 0 Å². The Morgan fingerprint density at radius 2 is 1.83 bits per heavy atom. The van der Waals surface area contributed by atoms with Gasteiger partial charge in [0.15, 0.2) is 0 Å². The van der Waals surface area contributed by atoms with Gasteiger partial charge in [-0.3, -0.25) is 9.69 Å². The van der Waals surface area contributed by atoms with Gasteiger partial charge in [-0.05, 0) is 43.0 Å². The van der Waals surface area contributed by atoms with Gasteiger partial charge in [0.1, 0.15) is 5.82 Å². The van der Waals surface area contributed by atoms with Crippen LogP contribution in [0.2, 0.25) is 0 Å². The van der Waals surface area contributed by atoms with Crippen molar-refractivity contribution in [1.29, 1.82) is 0 Å². The van der Waals surface area contributed by atoms with E-state index in [1.165, 1.54) is 12.1 Å². The molecule has 2 aromatic carbocycles. The highest BCUT2D eigenvalue weighted by Gasteiger charge is 2.30. The van der Waals surface area contributed by atoms with E-state index in [1.807, 2.05) is 37.3 Å². The fourth-order valence-corrected chi connectivity index (χ4v) is 2.87. The molecular weight excluding hydrogens is 303 g/mol. The zero-order valence-corrected chi connectivity index (χ0v) is 13.9. The van der Waals surface area contributed by atoms with Gasteiger partial charge in [-0.25, -0.2) is 4.39 Å². The normalized spacial score (nSPS) is 15.3. The maximum atomic E-state index is 13.0. The molecule has 0 aromatic heterocycles. The Labute approximate surface area is 142 Å². The first-order valence-corrected chi connectivity index (χ1v) is 8.44. The van der Waals surface area contributed by atoms with Gasteiger partial charge < -0.3 is 5.32 Å². The van der Waals surface area contributed by atoms with Gasteiger partial charge in [-0.1, -0.05) is 42.5 Å². The second-order valence-electron chi connectivity index (χ2n) is 6.46. The number of carbonyl (C=O) groups excluding carboxylic acids is 1. The zero-order chi connectivity index (χ0) is 16.9. The Balaban J connectivity index is 1.57. The predicted octanol–water partition coefficient (Wildman–Crippen LogP) is 3.67. The summed E-state index contributed by atoms with van der Waals surface area (Å²) in [6.45, 7) is 3.05. The molecule has 24 heavy (non-hydrogen) atoms. The number of amides is 1. The van der Waals surface area contributed by atoms with Gasteiger partial charge in [0.25, 0.3) is 0 Å². The number of carbonyl (C=O) groups is 1. The molecule has 3 rings (SSSR count). The molecule has 0 aliphatic heterocycles. The number of hydrogen-bond donors (Lipinski definition) is 1. The van der Waals surface area contributed by atoms with Crippen LogP contribution in [0.1, 0.15) is 36.9 Å². The first-order chi connectivity index (χ1) is 11.6. The first kappa shape index (κ1) is 16.7. The number of nitrogens with one attached hydrogen (secondary N) is 1. The lowest BCUT2D eigenvalue weighted by atomic mass is 10.1. The fourth-order valence-electron chi connectivity index (χ4n) is 2.87. The van der Waals surface area contributed by atoms with Gasteiger partial charge in [0.2, 0.25) is 5.91 Å². The van der Waals surface area contributed by atoms with Crippen LogP contribution in [0, 0.1) is 5.82 Å². The van der Waals surface area contributed by atoms with Crippen molar-refractivity contribution in [1.82, 2.24) is 10.2 Å². The number of benzene rings is 2. The summed E-state index contributed by atoms with van der Waals surface area (Å²) in [5.41, 5.74) is 2.13. The highest BCUT2D eigenvalue weighted by atomic mass is 19.1. The summed E-state index contributed by atoms with van der Waals surface area (Å²) in [6, 6.07) is 16.9. The van der Waals surface area contributed by atoms with Crippen LogP contribution >= 0.6 is 0 Å². The smallest absolute Gasteiger partial charge is 0.234 e. The van der Waals surface area contributed by atoms with Crippen LogP contribution in [-0.4, -0.2) is 23.4 Å². The Kier molecular flexibility index (Phi) is 5.26. The van der Waals surface area contributed by atoms with Crippen molar-refractivity contribution in [3.05, 3.63) is 71.5 Å². The number of hydrogen-bond acceptors (Lipinski definition) is 2. The molecule has 3 nitrogen and oxygen atoms in total. The minimum Gasteiger partial charge on any atom is -0.348 e. The topological polar surface area (TPSA) is 32.3 Å². The lowest BCUT2D eigenvalue weighted by molar-refractivity contribution is -0.123. The van der Waals surface area contributed by atoms with E-state index in [9.17, 15) is 9.18 Å². The van der Waals surface area contributed by atoms with E-state index < -0.39 is 0 Å². The monoisotopic (exact) mass is 326 g/mol. The molecule has 2 aromatic rings. The fraction of sp³-hybridized carbons (Fsp3) is 0.350. The van der Waals surface area contributed by atoms with Crippen LogP contribution in [0.4, 0.5) is 4.39 Å². The van der Waals surface area contributed by atoms with E-state index in [0.29, 0.717) is 19.1 Å². The second kappa shape index (κ2) is 7.58. The van der Waals surface area contributed by atoms with E-state index in [4.69, 9.17) is 0 Å². The summed E-state index contributed by atoms with van der Waals surface area (Å²) >= 11 is 0. The number of rotatable bonds is 7. The third-order valence-corrected chi connectivity index (χ3v) is 4.39. The van der Waals surface area contributed by atoms with Crippen LogP contribution in [-0.2, 0) is 11.3 Å².